The van der Waals surface area contributed by atoms with Crippen molar-refractivity contribution < 1.29 is 13.9 Å². The summed E-state index contributed by atoms with van der Waals surface area (Å²) < 4.78 is 20.2. The summed E-state index contributed by atoms with van der Waals surface area (Å²) >= 11 is 0. The number of rotatable bonds is 6. The van der Waals surface area contributed by atoms with Gasteiger partial charge in [0.25, 0.3) is 5.91 Å². The third-order valence-electron chi connectivity index (χ3n) is 5.57. The van der Waals surface area contributed by atoms with Crippen LogP contribution in [0.1, 0.15) is 36.5 Å². The fourth-order valence-electron chi connectivity index (χ4n) is 3.97. The van der Waals surface area contributed by atoms with E-state index in [-0.39, 0.29) is 5.91 Å². The van der Waals surface area contributed by atoms with E-state index in [2.05, 4.69) is 10.2 Å². The molecule has 1 N–H and O–H groups in total. The van der Waals surface area contributed by atoms with E-state index >= 15 is 0 Å². The summed E-state index contributed by atoms with van der Waals surface area (Å²) in [5.74, 6) is 0.0288. The Morgan fingerprint density at radius 1 is 1.06 bits per heavy atom. The molecule has 31 heavy (non-hydrogen) atoms. The molecular weight excluding hydrogens is 391 g/mol. The first kappa shape index (κ1) is 20.9. The van der Waals surface area contributed by atoms with E-state index in [0.29, 0.717) is 17.9 Å². The van der Waals surface area contributed by atoms with Crippen molar-refractivity contribution in [3.05, 3.63) is 78.1 Å². The van der Waals surface area contributed by atoms with Crippen molar-refractivity contribution in [2.45, 2.75) is 26.2 Å². The van der Waals surface area contributed by atoms with E-state index < -0.39 is 5.82 Å². The van der Waals surface area contributed by atoms with E-state index in [0.717, 1.165) is 48.1 Å². The van der Waals surface area contributed by atoms with Crippen molar-refractivity contribution in [3.8, 4) is 5.75 Å². The monoisotopic (exact) mass is 418 g/mol. The van der Waals surface area contributed by atoms with Crippen LogP contribution in [0.4, 0.5) is 15.8 Å². The lowest BCUT2D eigenvalue weighted by molar-refractivity contribution is 0.102. The van der Waals surface area contributed by atoms with Gasteiger partial charge in [-0.1, -0.05) is 36.4 Å². The zero-order chi connectivity index (χ0) is 21.6. The smallest absolute Gasteiger partial charge is 0.255 e. The first-order chi connectivity index (χ1) is 15.2. The number of fused-ring (bicyclic) bond motifs is 1. The highest BCUT2D eigenvalue weighted by Crippen LogP contribution is 2.32. The van der Waals surface area contributed by atoms with Gasteiger partial charge in [-0.2, -0.15) is 0 Å². The lowest BCUT2D eigenvalue weighted by Crippen LogP contribution is -2.29. The van der Waals surface area contributed by atoms with E-state index in [4.69, 9.17) is 4.74 Å². The summed E-state index contributed by atoms with van der Waals surface area (Å²) in [5.41, 5.74) is 1.75. The van der Waals surface area contributed by atoms with Crippen LogP contribution in [0.25, 0.3) is 10.8 Å². The first-order valence-corrected chi connectivity index (χ1v) is 10.8. The molecule has 4 rings (SSSR count). The molecule has 0 spiro atoms. The Balaban J connectivity index is 1.60. The second-order valence-corrected chi connectivity index (χ2v) is 7.74. The van der Waals surface area contributed by atoms with Crippen LogP contribution in [0, 0.1) is 5.82 Å². The number of benzene rings is 3. The molecule has 1 saturated heterocycles. The molecule has 0 bridgehead atoms. The highest BCUT2D eigenvalue weighted by Gasteiger charge is 2.16. The predicted molar refractivity (Wildman–Crippen MR) is 125 cm³/mol. The number of allylic oxidation sites excluding steroid dienone is 1. The van der Waals surface area contributed by atoms with Gasteiger partial charge >= 0.3 is 0 Å². The van der Waals surface area contributed by atoms with Crippen molar-refractivity contribution in [3.63, 3.8) is 0 Å². The number of hydrogen-bond donors (Lipinski definition) is 1. The quantitative estimate of drug-likeness (QED) is 0.486. The van der Waals surface area contributed by atoms with Gasteiger partial charge in [0.2, 0.25) is 0 Å². The van der Waals surface area contributed by atoms with Gasteiger partial charge < -0.3 is 15.0 Å². The molecule has 0 saturated carbocycles. The minimum atomic E-state index is -0.397. The number of nitrogens with one attached hydrogen (secondary N) is 1. The maximum Gasteiger partial charge on any atom is 0.255 e. The fourth-order valence-corrected chi connectivity index (χ4v) is 3.97. The number of nitrogens with zero attached hydrogens (tertiary/aromatic N) is 1. The number of carbonyl (C=O) groups excluding carboxylic acids is 1. The summed E-state index contributed by atoms with van der Waals surface area (Å²) in [6.07, 6.45) is 7.25. The average Bonchev–Trinajstić information content (AvgIpc) is 2.80. The molecule has 4 nitrogen and oxygen atoms in total. The Labute approximate surface area is 182 Å². The van der Waals surface area contributed by atoms with Gasteiger partial charge in [0, 0.05) is 40.8 Å². The van der Waals surface area contributed by atoms with E-state index in [1.807, 2.05) is 55.5 Å². The molecule has 3 aromatic carbocycles. The number of amides is 1. The topological polar surface area (TPSA) is 41.6 Å². The standard InChI is InChI=1S/C26H27FN2O2/c1-2-3-15-31-25-12-11-24(22-9-5-6-10-23(22)25)28-26(30)19-16-20(27)18-21(17-19)29-13-7-4-8-14-29/h2-3,5-6,9-12,16-18H,4,7-8,13-15H2,1H3,(H,28,30)/b3-2+. The number of halogens is 1. The summed E-state index contributed by atoms with van der Waals surface area (Å²) in [4.78, 5) is 15.2. The highest BCUT2D eigenvalue weighted by molar-refractivity contribution is 6.10. The average molecular weight is 419 g/mol. The van der Waals surface area contributed by atoms with Gasteiger partial charge in [-0.3, -0.25) is 4.79 Å². The van der Waals surface area contributed by atoms with Gasteiger partial charge in [0.15, 0.2) is 0 Å². The largest absolute Gasteiger partial charge is 0.489 e. The molecule has 160 valence electrons. The molecule has 0 unspecified atom stereocenters. The summed E-state index contributed by atoms with van der Waals surface area (Å²) in [6, 6.07) is 16.0. The second-order valence-electron chi connectivity index (χ2n) is 7.74. The Hall–Kier alpha value is -3.34. The minimum absolute atomic E-state index is 0.318. The normalized spacial score (nSPS) is 14.2. The molecule has 0 aromatic heterocycles. The van der Waals surface area contributed by atoms with Crippen LogP contribution in [-0.4, -0.2) is 25.6 Å². The summed E-state index contributed by atoms with van der Waals surface area (Å²) in [5, 5.41) is 4.75. The Morgan fingerprint density at radius 2 is 1.84 bits per heavy atom. The Bertz CT molecular complexity index is 1100. The molecule has 1 fully saturated rings. The van der Waals surface area contributed by atoms with Crippen molar-refractivity contribution in [1.82, 2.24) is 0 Å². The minimum Gasteiger partial charge on any atom is -0.489 e. The molecule has 1 amide bonds. The SMILES string of the molecule is C/C=C/COc1ccc(NC(=O)c2cc(F)cc(N3CCCCC3)c2)c2ccccc12. The van der Waals surface area contributed by atoms with Crippen LogP contribution in [0.15, 0.2) is 66.7 Å². The zero-order valence-electron chi connectivity index (χ0n) is 17.7. The first-order valence-electron chi connectivity index (χ1n) is 10.8. The predicted octanol–water partition coefficient (Wildman–Crippen LogP) is 6.18. The maximum atomic E-state index is 14.3. The van der Waals surface area contributed by atoms with Gasteiger partial charge in [0.05, 0.1) is 0 Å². The molecule has 0 atom stereocenters. The van der Waals surface area contributed by atoms with Gasteiger partial charge in [-0.05, 0) is 56.5 Å². The van der Waals surface area contributed by atoms with Crippen LogP contribution in [0.3, 0.4) is 0 Å². The number of carbonyl (C=O) groups is 1. The van der Waals surface area contributed by atoms with Gasteiger partial charge in [-0.15, -0.1) is 0 Å². The number of piperidine rings is 1. The zero-order valence-corrected chi connectivity index (χ0v) is 17.7. The van der Waals surface area contributed by atoms with Crippen LogP contribution in [0.5, 0.6) is 5.75 Å². The van der Waals surface area contributed by atoms with Crippen molar-refractivity contribution in [2.24, 2.45) is 0 Å². The lowest BCUT2D eigenvalue weighted by Gasteiger charge is -2.29. The second kappa shape index (κ2) is 9.65. The maximum absolute atomic E-state index is 14.3. The van der Waals surface area contributed by atoms with E-state index in [1.165, 1.54) is 18.6 Å². The van der Waals surface area contributed by atoms with Crippen LogP contribution >= 0.6 is 0 Å². The Morgan fingerprint density at radius 3 is 2.61 bits per heavy atom. The summed E-state index contributed by atoms with van der Waals surface area (Å²) in [7, 11) is 0. The van der Waals surface area contributed by atoms with Crippen molar-refractivity contribution in [1.29, 1.82) is 0 Å². The molecule has 1 aliphatic rings. The van der Waals surface area contributed by atoms with Gasteiger partial charge in [-0.25, -0.2) is 4.39 Å². The third-order valence-corrected chi connectivity index (χ3v) is 5.57. The fraction of sp³-hybridized carbons (Fsp3) is 0.269. The molecule has 1 heterocycles. The van der Waals surface area contributed by atoms with E-state index in [1.54, 1.807) is 6.07 Å². The molecule has 5 heteroatoms. The molecule has 1 aliphatic heterocycles. The van der Waals surface area contributed by atoms with Crippen LogP contribution in [0.2, 0.25) is 0 Å². The summed E-state index contributed by atoms with van der Waals surface area (Å²) in [6.45, 7) is 4.21. The molecule has 0 radical (unpaired) electrons. The molecule has 3 aromatic rings. The van der Waals surface area contributed by atoms with Crippen LogP contribution in [-0.2, 0) is 0 Å². The number of anilines is 2. The lowest BCUT2D eigenvalue weighted by atomic mass is 10.1. The molecule has 0 aliphatic carbocycles. The van der Waals surface area contributed by atoms with Gasteiger partial charge in [0.1, 0.15) is 18.2 Å². The Kier molecular flexibility index (Phi) is 6.51. The van der Waals surface area contributed by atoms with Crippen molar-refractivity contribution in [2.75, 3.05) is 29.9 Å². The van der Waals surface area contributed by atoms with Crippen LogP contribution < -0.4 is 15.0 Å². The number of ether oxygens (including phenoxy) is 1. The third kappa shape index (κ3) is 4.88. The number of hydrogen-bond acceptors (Lipinski definition) is 3. The van der Waals surface area contributed by atoms with Crippen molar-refractivity contribution >= 4 is 28.1 Å². The highest BCUT2D eigenvalue weighted by atomic mass is 19.1. The molecular formula is C26H27FN2O2. The van der Waals surface area contributed by atoms with E-state index in [9.17, 15) is 9.18 Å².